The molecule has 4 nitrogen and oxygen atoms in total. The lowest BCUT2D eigenvalue weighted by Crippen LogP contribution is -2.11. The number of aliphatic hydroxyl groups excluding tert-OH is 1. The number of rotatable bonds is 4. The molecule has 0 radical (unpaired) electrons. The van der Waals surface area contributed by atoms with Crippen molar-refractivity contribution < 1.29 is 9.90 Å². The molecule has 0 saturated carbocycles. The summed E-state index contributed by atoms with van der Waals surface area (Å²) in [5.41, 5.74) is 2.54. The molecule has 1 aromatic heterocycles. The Balaban J connectivity index is 2.20. The minimum Gasteiger partial charge on any atom is -0.388 e. The van der Waals surface area contributed by atoms with Crippen LogP contribution >= 0.6 is 11.6 Å². The molecular weight excluding hydrogens is 312 g/mol. The zero-order chi connectivity index (χ0) is 16.4. The van der Waals surface area contributed by atoms with Crippen LogP contribution in [-0.4, -0.2) is 20.4 Å². The summed E-state index contributed by atoms with van der Waals surface area (Å²) in [6.07, 6.45) is 1.66. The minimum atomic E-state index is -0.213. The van der Waals surface area contributed by atoms with Crippen molar-refractivity contribution in [2.24, 2.45) is 0 Å². The molecule has 0 spiro atoms. The Labute approximate surface area is 139 Å². The number of imidazole rings is 1. The molecule has 3 rings (SSSR count). The molecule has 1 heterocycles. The highest BCUT2D eigenvalue weighted by Crippen LogP contribution is 2.25. The minimum absolute atomic E-state index is 0.125. The van der Waals surface area contributed by atoms with Gasteiger partial charge < -0.3 is 5.11 Å². The summed E-state index contributed by atoms with van der Waals surface area (Å²) in [5.74, 6) is 0.354. The van der Waals surface area contributed by atoms with Gasteiger partial charge in [0.1, 0.15) is 12.4 Å². The van der Waals surface area contributed by atoms with Gasteiger partial charge >= 0.3 is 0 Å². The van der Waals surface area contributed by atoms with Crippen molar-refractivity contribution in [3.8, 4) is 5.69 Å². The van der Waals surface area contributed by atoms with E-state index < -0.39 is 0 Å². The summed E-state index contributed by atoms with van der Waals surface area (Å²) in [7, 11) is 0. The lowest BCUT2D eigenvalue weighted by Gasteiger charge is -2.14. The van der Waals surface area contributed by atoms with Gasteiger partial charge in [-0.1, -0.05) is 41.9 Å². The van der Waals surface area contributed by atoms with Gasteiger partial charge in [-0.2, -0.15) is 0 Å². The van der Waals surface area contributed by atoms with Crippen molar-refractivity contribution in [2.45, 2.75) is 13.5 Å². The van der Waals surface area contributed by atoms with Crippen molar-refractivity contribution >= 4 is 17.4 Å². The molecule has 5 heteroatoms. The van der Waals surface area contributed by atoms with E-state index in [1.54, 1.807) is 41.1 Å². The predicted octanol–water partition coefficient (Wildman–Crippen LogP) is 3.56. The first-order chi connectivity index (χ1) is 11.1. The summed E-state index contributed by atoms with van der Waals surface area (Å²) in [4.78, 5) is 17.0. The lowest BCUT2D eigenvalue weighted by atomic mass is 10.0. The predicted molar refractivity (Wildman–Crippen MR) is 89.1 cm³/mol. The Hall–Kier alpha value is -2.43. The van der Waals surface area contributed by atoms with Gasteiger partial charge in [-0.05, 0) is 25.1 Å². The fraction of sp³-hybridized carbons (Fsp3) is 0.111. The highest BCUT2D eigenvalue weighted by molar-refractivity contribution is 6.31. The molecule has 0 saturated heterocycles. The van der Waals surface area contributed by atoms with E-state index in [1.165, 1.54) is 0 Å². The van der Waals surface area contributed by atoms with E-state index in [1.807, 2.05) is 25.1 Å². The van der Waals surface area contributed by atoms with Crippen LogP contribution in [0.2, 0.25) is 5.02 Å². The van der Waals surface area contributed by atoms with Crippen molar-refractivity contribution in [1.82, 2.24) is 9.55 Å². The van der Waals surface area contributed by atoms with Crippen molar-refractivity contribution in [3.63, 3.8) is 0 Å². The Bertz CT molecular complexity index is 857. The number of carbonyl (C=O) groups excluding carboxylic acids is 1. The molecule has 0 aliphatic rings. The Morgan fingerprint density at radius 2 is 1.96 bits per heavy atom. The number of aliphatic hydroxyl groups is 1. The van der Waals surface area contributed by atoms with Gasteiger partial charge in [0.15, 0.2) is 5.78 Å². The van der Waals surface area contributed by atoms with Crippen molar-refractivity contribution in [1.29, 1.82) is 0 Å². The smallest absolute Gasteiger partial charge is 0.195 e. The topological polar surface area (TPSA) is 55.1 Å². The Kier molecular flexibility index (Phi) is 4.28. The SMILES string of the molecule is Cc1cnc(CO)n1-c1ccc(Cl)cc1C(=O)c1ccccc1. The molecule has 0 aliphatic heterocycles. The molecule has 116 valence electrons. The Morgan fingerprint density at radius 1 is 1.22 bits per heavy atom. The molecule has 2 aromatic carbocycles. The third kappa shape index (κ3) is 2.91. The molecule has 0 fully saturated rings. The van der Waals surface area contributed by atoms with Crippen LogP contribution in [0.4, 0.5) is 0 Å². The fourth-order valence-corrected chi connectivity index (χ4v) is 2.73. The highest BCUT2D eigenvalue weighted by Gasteiger charge is 2.18. The maximum Gasteiger partial charge on any atom is 0.195 e. The first-order valence-corrected chi connectivity index (χ1v) is 7.53. The van der Waals surface area contributed by atoms with Gasteiger partial charge in [-0.3, -0.25) is 9.36 Å². The molecule has 1 N–H and O–H groups in total. The zero-order valence-electron chi connectivity index (χ0n) is 12.5. The second-order valence-electron chi connectivity index (χ2n) is 5.17. The average Bonchev–Trinajstić information content (AvgIpc) is 2.95. The maximum atomic E-state index is 12.9. The van der Waals surface area contributed by atoms with E-state index in [4.69, 9.17) is 11.6 Å². The molecule has 23 heavy (non-hydrogen) atoms. The largest absolute Gasteiger partial charge is 0.388 e. The van der Waals surface area contributed by atoms with Crippen LogP contribution < -0.4 is 0 Å². The lowest BCUT2D eigenvalue weighted by molar-refractivity contribution is 0.103. The maximum absolute atomic E-state index is 12.9. The molecule has 0 unspecified atom stereocenters. The van der Waals surface area contributed by atoms with Gasteiger partial charge in [0.25, 0.3) is 0 Å². The third-order valence-electron chi connectivity index (χ3n) is 3.63. The normalized spacial score (nSPS) is 10.7. The fourth-order valence-electron chi connectivity index (χ4n) is 2.56. The van der Waals surface area contributed by atoms with Crippen LogP contribution in [0.1, 0.15) is 27.4 Å². The quantitative estimate of drug-likeness (QED) is 0.746. The number of benzene rings is 2. The van der Waals surface area contributed by atoms with Gasteiger partial charge in [-0.15, -0.1) is 0 Å². The number of aryl methyl sites for hydroxylation is 1. The van der Waals surface area contributed by atoms with E-state index in [0.717, 1.165) is 5.69 Å². The molecule has 0 atom stereocenters. The molecule has 3 aromatic rings. The summed E-state index contributed by atoms with van der Waals surface area (Å²) in [6.45, 7) is 1.66. The number of carbonyl (C=O) groups is 1. The zero-order valence-corrected chi connectivity index (χ0v) is 13.3. The average molecular weight is 327 g/mol. The van der Waals surface area contributed by atoms with Gasteiger partial charge in [-0.25, -0.2) is 4.98 Å². The van der Waals surface area contributed by atoms with Gasteiger partial charge in [0.05, 0.1) is 5.69 Å². The summed E-state index contributed by atoms with van der Waals surface area (Å²) in [5, 5.41) is 9.98. The van der Waals surface area contributed by atoms with Crippen LogP contribution in [0.3, 0.4) is 0 Å². The van der Waals surface area contributed by atoms with Crippen LogP contribution in [0.15, 0.2) is 54.7 Å². The summed E-state index contributed by atoms with van der Waals surface area (Å²) in [6, 6.07) is 14.2. The molecular formula is C18H15ClN2O2. The third-order valence-corrected chi connectivity index (χ3v) is 3.87. The van der Waals surface area contributed by atoms with Gasteiger partial charge in [0.2, 0.25) is 0 Å². The highest BCUT2D eigenvalue weighted by atomic mass is 35.5. The number of ketones is 1. The molecule has 0 amide bonds. The molecule has 0 bridgehead atoms. The van der Waals surface area contributed by atoms with Crippen molar-refractivity contribution in [3.05, 3.63) is 82.4 Å². The van der Waals surface area contributed by atoms with E-state index in [2.05, 4.69) is 4.98 Å². The first-order valence-electron chi connectivity index (χ1n) is 7.15. The number of halogens is 1. The summed E-state index contributed by atoms with van der Waals surface area (Å²) < 4.78 is 1.77. The molecule has 0 aliphatic carbocycles. The van der Waals surface area contributed by atoms with Crippen molar-refractivity contribution in [2.75, 3.05) is 0 Å². The van der Waals surface area contributed by atoms with Crippen LogP contribution in [0.25, 0.3) is 5.69 Å². The number of aromatic nitrogens is 2. The summed E-state index contributed by atoms with van der Waals surface area (Å²) >= 11 is 6.10. The number of hydrogen-bond acceptors (Lipinski definition) is 3. The second-order valence-corrected chi connectivity index (χ2v) is 5.60. The van der Waals surface area contributed by atoms with Crippen LogP contribution in [0, 0.1) is 6.92 Å². The van der Waals surface area contributed by atoms with E-state index in [-0.39, 0.29) is 12.4 Å². The van der Waals surface area contributed by atoms with Gasteiger partial charge in [0, 0.05) is 28.0 Å². The van der Waals surface area contributed by atoms with E-state index in [0.29, 0.717) is 27.7 Å². The second kappa shape index (κ2) is 6.36. The first kappa shape index (κ1) is 15.5. The number of hydrogen-bond donors (Lipinski definition) is 1. The van der Waals surface area contributed by atoms with E-state index >= 15 is 0 Å². The van der Waals surface area contributed by atoms with Crippen LogP contribution in [0.5, 0.6) is 0 Å². The Morgan fingerprint density at radius 3 is 2.65 bits per heavy atom. The van der Waals surface area contributed by atoms with Crippen LogP contribution in [-0.2, 0) is 6.61 Å². The monoisotopic (exact) mass is 326 g/mol. The standard InChI is InChI=1S/C18H15ClN2O2/c1-12-10-20-17(11-22)21(12)16-8-7-14(19)9-15(16)18(23)13-5-3-2-4-6-13/h2-10,22H,11H2,1H3. The van der Waals surface area contributed by atoms with E-state index in [9.17, 15) is 9.90 Å². The number of nitrogens with zero attached hydrogens (tertiary/aromatic N) is 2.